The van der Waals surface area contributed by atoms with Crippen LogP contribution in [-0.2, 0) is 4.74 Å². The first kappa shape index (κ1) is 14.4. The fourth-order valence-electron chi connectivity index (χ4n) is 2.14. The Morgan fingerprint density at radius 1 is 1.37 bits per heavy atom. The van der Waals surface area contributed by atoms with Crippen LogP contribution >= 0.6 is 0 Å². The first-order chi connectivity index (χ1) is 9.22. The molecule has 19 heavy (non-hydrogen) atoms. The summed E-state index contributed by atoms with van der Waals surface area (Å²) in [6.45, 7) is 3.19. The molecule has 0 saturated heterocycles. The van der Waals surface area contributed by atoms with Crippen molar-refractivity contribution >= 4 is 0 Å². The normalized spacial score (nSPS) is 17.2. The van der Waals surface area contributed by atoms with Crippen LogP contribution in [0.5, 0.6) is 0 Å². The molecule has 1 aliphatic carbocycles. The molecule has 1 fully saturated rings. The van der Waals surface area contributed by atoms with Crippen LogP contribution in [0.1, 0.15) is 44.2 Å². The lowest BCUT2D eigenvalue weighted by Gasteiger charge is -2.28. The Morgan fingerprint density at radius 2 is 2.16 bits per heavy atom. The minimum absolute atomic E-state index is 0.281. The molecule has 0 amide bonds. The molecule has 2 nitrogen and oxygen atoms in total. The molecular weight excluding hydrogens is 248 g/mol. The molecule has 1 aromatic carbocycles. The molecule has 1 aromatic rings. The van der Waals surface area contributed by atoms with E-state index in [0.717, 1.165) is 31.9 Å². The van der Waals surface area contributed by atoms with Gasteiger partial charge >= 0.3 is 0 Å². The van der Waals surface area contributed by atoms with E-state index in [9.17, 15) is 8.78 Å². The zero-order chi connectivity index (χ0) is 13.7. The van der Waals surface area contributed by atoms with Gasteiger partial charge in [0.25, 0.3) is 0 Å². The van der Waals surface area contributed by atoms with Crippen molar-refractivity contribution in [1.82, 2.24) is 5.32 Å². The summed E-state index contributed by atoms with van der Waals surface area (Å²) in [5.74, 6) is -1.57. The van der Waals surface area contributed by atoms with E-state index >= 15 is 0 Å². The first-order valence-electron chi connectivity index (χ1n) is 7.01. The predicted octanol–water partition coefficient (Wildman–Crippen LogP) is 3.57. The van der Waals surface area contributed by atoms with Crippen LogP contribution in [0.25, 0.3) is 0 Å². The van der Waals surface area contributed by atoms with Gasteiger partial charge in [-0.05, 0) is 38.3 Å². The second-order valence-corrected chi connectivity index (χ2v) is 5.04. The van der Waals surface area contributed by atoms with Crippen LogP contribution in [0.4, 0.5) is 8.78 Å². The minimum Gasteiger partial charge on any atom is -0.376 e. The lowest BCUT2D eigenvalue weighted by Crippen LogP contribution is -2.31. The van der Waals surface area contributed by atoms with Crippen LogP contribution in [-0.4, -0.2) is 19.3 Å². The number of ether oxygens (including phenoxy) is 1. The second kappa shape index (κ2) is 6.96. The number of hydrogen-bond acceptors (Lipinski definition) is 2. The molecule has 0 radical (unpaired) electrons. The third-order valence-corrected chi connectivity index (χ3v) is 3.55. The molecule has 1 unspecified atom stereocenters. The lowest BCUT2D eigenvalue weighted by molar-refractivity contribution is -0.00920. The van der Waals surface area contributed by atoms with Gasteiger partial charge in [-0.3, -0.25) is 0 Å². The summed E-state index contributed by atoms with van der Waals surface area (Å²) in [7, 11) is 0. The van der Waals surface area contributed by atoms with Gasteiger partial charge in [-0.1, -0.05) is 19.1 Å². The van der Waals surface area contributed by atoms with E-state index in [2.05, 4.69) is 5.32 Å². The maximum Gasteiger partial charge on any atom is 0.163 e. The summed E-state index contributed by atoms with van der Waals surface area (Å²) in [5, 5.41) is 3.23. The van der Waals surface area contributed by atoms with Crippen molar-refractivity contribution in [2.24, 2.45) is 0 Å². The average molecular weight is 269 g/mol. The van der Waals surface area contributed by atoms with Crippen LogP contribution < -0.4 is 5.32 Å². The van der Waals surface area contributed by atoms with Gasteiger partial charge in [0.1, 0.15) is 0 Å². The van der Waals surface area contributed by atoms with Gasteiger partial charge in [0.15, 0.2) is 11.6 Å². The van der Waals surface area contributed by atoms with Gasteiger partial charge in [0.05, 0.1) is 18.8 Å². The molecule has 4 heteroatoms. The summed E-state index contributed by atoms with van der Waals surface area (Å²) in [6, 6.07) is 4.02. The van der Waals surface area contributed by atoms with E-state index in [1.165, 1.54) is 12.5 Å². The smallest absolute Gasteiger partial charge is 0.163 e. The number of halogens is 2. The fraction of sp³-hybridized carbons (Fsp3) is 0.600. The van der Waals surface area contributed by atoms with Crippen molar-refractivity contribution in [2.75, 3.05) is 13.2 Å². The Kier molecular flexibility index (Phi) is 5.28. The summed E-state index contributed by atoms with van der Waals surface area (Å²) in [5.41, 5.74) is 0.354. The summed E-state index contributed by atoms with van der Waals surface area (Å²) >= 11 is 0. The Balaban J connectivity index is 2.03. The maximum atomic E-state index is 13.8. The molecule has 1 saturated carbocycles. The van der Waals surface area contributed by atoms with Gasteiger partial charge in [-0.25, -0.2) is 8.78 Å². The standard InChI is InChI=1S/C15H21F2NO/c1-2-9-18-14(10-19-11-5-3-6-11)12-7-4-8-13(16)15(12)17/h4,7-8,11,14,18H,2-3,5-6,9-10H2,1H3. The molecule has 0 heterocycles. The SMILES string of the molecule is CCCNC(COC1CCC1)c1cccc(F)c1F. The molecule has 1 aliphatic rings. The highest BCUT2D eigenvalue weighted by molar-refractivity contribution is 5.22. The highest BCUT2D eigenvalue weighted by atomic mass is 19.2. The molecule has 1 N–H and O–H groups in total. The summed E-state index contributed by atoms with van der Waals surface area (Å²) < 4.78 is 32.9. The van der Waals surface area contributed by atoms with Gasteiger partial charge in [-0.2, -0.15) is 0 Å². The number of nitrogens with one attached hydrogen (secondary N) is 1. The van der Waals surface area contributed by atoms with Gasteiger partial charge in [0, 0.05) is 5.56 Å². The molecule has 2 rings (SSSR count). The topological polar surface area (TPSA) is 21.3 Å². The molecule has 1 atom stereocenters. The summed E-state index contributed by atoms with van der Waals surface area (Å²) in [4.78, 5) is 0. The maximum absolute atomic E-state index is 13.8. The Morgan fingerprint density at radius 3 is 2.79 bits per heavy atom. The molecule has 0 aromatic heterocycles. The average Bonchev–Trinajstić information content (AvgIpc) is 2.35. The molecule has 0 spiro atoms. The van der Waals surface area contributed by atoms with E-state index in [1.807, 2.05) is 6.92 Å². The van der Waals surface area contributed by atoms with E-state index in [1.54, 1.807) is 6.07 Å². The van der Waals surface area contributed by atoms with Crippen LogP contribution in [0.3, 0.4) is 0 Å². The van der Waals surface area contributed by atoms with E-state index in [-0.39, 0.29) is 6.04 Å². The van der Waals surface area contributed by atoms with E-state index in [0.29, 0.717) is 18.3 Å². The van der Waals surface area contributed by atoms with Crippen LogP contribution in [0, 0.1) is 11.6 Å². The number of hydrogen-bond donors (Lipinski definition) is 1. The van der Waals surface area contributed by atoms with Gasteiger partial charge < -0.3 is 10.1 Å². The van der Waals surface area contributed by atoms with E-state index < -0.39 is 11.6 Å². The van der Waals surface area contributed by atoms with Crippen LogP contribution in [0.15, 0.2) is 18.2 Å². The zero-order valence-corrected chi connectivity index (χ0v) is 11.3. The van der Waals surface area contributed by atoms with Gasteiger partial charge in [-0.15, -0.1) is 0 Å². The van der Waals surface area contributed by atoms with Gasteiger partial charge in [0.2, 0.25) is 0 Å². The monoisotopic (exact) mass is 269 g/mol. The third-order valence-electron chi connectivity index (χ3n) is 3.55. The molecule has 0 bridgehead atoms. The number of rotatable bonds is 7. The first-order valence-corrected chi connectivity index (χ1v) is 7.01. The van der Waals surface area contributed by atoms with Crippen molar-refractivity contribution in [3.63, 3.8) is 0 Å². The van der Waals surface area contributed by atoms with Crippen LogP contribution in [0.2, 0.25) is 0 Å². The van der Waals surface area contributed by atoms with Crippen molar-refractivity contribution in [3.05, 3.63) is 35.4 Å². The second-order valence-electron chi connectivity index (χ2n) is 5.04. The molecule has 0 aliphatic heterocycles. The Hall–Kier alpha value is -1.00. The molecule has 106 valence electrons. The zero-order valence-electron chi connectivity index (χ0n) is 11.3. The fourth-order valence-corrected chi connectivity index (χ4v) is 2.14. The Labute approximate surface area is 113 Å². The van der Waals surface area contributed by atoms with E-state index in [4.69, 9.17) is 4.74 Å². The predicted molar refractivity (Wildman–Crippen MR) is 71.0 cm³/mol. The lowest BCUT2D eigenvalue weighted by atomic mass is 9.96. The Bertz CT molecular complexity index is 407. The van der Waals surface area contributed by atoms with Crippen molar-refractivity contribution in [2.45, 2.75) is 44.8 Å². The van der Waals surface area contributed by atoms with Crippen molar-refractivity contribution < 1.29 is 13.5 Å². The van der Waals surface area contributed by atoms with Crippen molar-refractivity contribution in [3.8, 4) is 0 Å². The minimum atomic E-state index is -0.801. The largest absolute Gasteiger partial charge is 0.376 e. The third kappa shape index (κ3) is 3.74. The summed E-state index contributed by atoms with van der Waals surface area (Å²) in [6.07, 6.45) is 4.59. The highest BCUT2D eigenvalue weighted by Crippen LogP contribution is 2.25. The molecular formula is C15H21F2NO. The highest BCUT2D eigenvalue weighted by Gasteiger charge is 2.22. The quantitative estimate of drug-likeness (QED) is 0.817. The number of benzene rings is 1. The van der Waals surface area contributed by atoms with Crippen molar-refractivity contribution in [1.29, 1.82) is 0 Å².